The van der Waals surface area contributed by atoms with Crippen LogP contribution in [0.1, 0.15) is 12.8 Å². The van der Waals surface area contributed by atoms with Crippen molar-refractivity contribution in [3.8, 4) is 0 Å². The molecule has 0 spiro atoms. The fraction of sp³-hybridized carbons (Fsp3) is 0.529. The molecule has 1 atom stereocenters. The largest absolute Gasteiger partial charge is 0.361 e. The van der Waals surface area contributed by atoms with Crippen molar-refractivity contribution in [1.82, 2.24) is 14.3 Å². The zero-order valence-electron chi connectivity index (χ0n) is 15.2. The van der Waals surface area contributed by atoms with Gasteiger partial charge in [0.1, 0.15) is 23.2 Å². The molecule has 1 unspecified atom stereocenters. The van der Waals surface area contributed by atoms with E-state index in [0.717, 1.165) is 24.4 Å². The summed E-state index contributed by atoms with van der Waals surface area (Å²) < 4.78 is 23.2. The Bertz CT molecular complexity index is 883. The van der Waals surface area contributed by atoms with Crippen molar-refractivity contribution < 1.29 is 8.95 Å². The predicted octanol–water partition coefficient (Wildman–Crippen LogP) is 4.02. The molecule has 0 saturated heterocycles. The number of aromatic nitrogens is 2. The minimum atomic E-state index is -1.49. The lowest BCUT2D eigenvalue weighted by Crippen LogP contribution is -2.29. The normalized spacial score (nSPS) is 17.2. The highest BCUT2D eigenvalue weighted by atomic mass is 35.5. The van der Waals surface area contributed by atoms with Crippen LogP contribution in [0.3, 0.4) is 0 Å². The summed E-state index contributed by atoms with van der Waals surface area (Å²) in [5.74, 6) is 0. The maximum absolute atomic E-state index is 12.6. The molecule has 1 aromatic heterocycles. The minimum absolute atomic E-state index is 0.382. The molecule has 0 radical (unpaired) electrons. The van der Waals surface area contributed by atoms with E-state index in [0.29, 0.717) is 28.8 Å². The minimum Gasteiger partial charge on any atom is -0.361 e. The van der Waals surface area contributed by atoms with Gasteiger partial charge in [-0.3, -0.25) is 4.85 Å². The second-order valence-electron chi connectivity index (χ2n) is 7.85. The van der Waals surface area contributed by atoms with E-state index in [1.165, 1.54) is 0 Å². The van der Waals surface area contributed by atoms with Crippen molar-refractivity contribution in [1.29, 1.82) is 0 Å². The number of rotatable bonds is 8. The molecule has 1 fully saturated rings. The van der Waals surface area contributed by atoms with Crippen LogP contribution in [-0.2, 0) is 22.5 Å². The Hall–Kier alpha value is -1.24. The van der Waals surface area contributed by atoms with Crippen LogP contribution >= 0.6 is 11.6 Å². The Morgan fingerprint density at radius 1 is 1.46 bits per heavy atom. The van der Waals surface area contributed by atoms with Crippen LogP contribution in [0.2, 0.25) is 30.7 Å². The molecule has 3 rings (SSSR count). The van der Waals surface area contributed by atoms with Crippen LogP contribution in [0.25, 0.3) is 15.9 Å². The lowest BCUT2D eigenvalue weighted by Gasteiger charge is -2.15. The Balaban J connectivity index is 1.76. The number of fused-ring (bicyclic) bond motifs is 1. The molecule has 2 aromatic rings. The topological polar surface area (TPSA) is 60.5 Å². The maximum Gasteiger partial charge on any atom is 0.297 e. The maximum atomic E-state index is 12.6. The van der Waals surface area contributed by atoms with Gasteiger partial charge in [0.15, 0.2) is 0 Å². The Labute approximate surface area is 162 Å². The lowest BCUT2D eigenvalue weighted by atomic mass is 10.3. The van der Waals surface area contributed by atoms with Crippen LogP contribution in [0, 0.1) is 6.57 Å². The third kappa shape index (κ3) is 4.53. The number of nitrogens with zero attached hydrogens (tertiary/aromatic N) is 3. The number of ether oxygens (including phenoxy) is 1. The van der Waals surface area contributed by atoms with Crippen LogP contribution in [0.4, 0.5) is 0 Å². The fourth-order valence-corrected chi connectivity index (χ4v) is 4.68. The van der Waals surface area contributed by atoms with Gasteiger partial charge in [0.25, 0.3) is 5.66 Å². The number of imidazole rings is 1. The van der Waals surface area contributed by atoms with Gasteiger partial charge >= 0.3 is 0 Å². The first kappa shape index (κ1) is 19.5. The van der Waals surface area contributed by atoms with E-state index >= 15 is 0 Å². The second-order valence-corrected chi connectivity index (χ2v) is 15.1. The van der Waals surface area contributed by atoms with Gasteiger partial charge in [-0.05, 0) is 18.2 Å². The molecule has 1 aromatic carbocycles. The highest BCUT2D eigenvalue weighted by molar-refractivity contribution is 7.83. The lowest BCUT2D eigenvalue weighted by molar-refractivity contribution is 0.0898. The standard InChI is InChI=1S/C17H23ClN4O2SSi/c1-19-17(5-6-17)21-25(23)13-9-14(18)16-15(10-13)22(11-20-16)12-24-7-8-26(2,3)4/h9-11,21H,5-8,12H2,2-4H3. The van der Waals surface area contributed by atoms with Crippen molar-refractivity contribution in [2.45, 2.75) is 55.8 Å². The van der Waals surface area contributed by atoms with E-state index in [1.54, 1.807) is 18.5 Å². The summed E-state index contributed by atoms with van der Waals surface area (Å²) in [5.41, 5.74) is 0.766. The molecule has 1 aliphatic carbocycles. The molecule has 6 nitrogen and oxygen atoms in total. The van der Waals surface area contributed by atoms with Crippen molar-refractivity contribution in [3.63, 3.8) is 0 Å². The highest BCUT2D eigenvalue weighted by Gasteiger charge is 2.52. The van der Waals surface area contributed by atoms with Gasteiger partial charge in [0.2, 0.25) is 0 Å². The molecule has 1 N–H and O–H groups in total. The first-order valence-corrected chi connectivity index (χ1v) is 13.8. The summed E-state index contributed by atoms with van der Waals surface area (Å²) in [6.07, 6.45) is 3.13. The van der Waals surface area contributed by atoms with E-state index in [4.69, 9.17) is 22.9 Å². The third-order valence-electron chi connectivity index (χ3n) is 4.31. The van der Waals surface area contributed by atoms with Crippen molar-refractivity contribution >= 4 is 41.7 Å². The fourth-order valence-electron chi connectivity index (χ4n) is 2.43. The monoisotopic (exact) mass is 410 g/mol. The first-order valence-electron chi connectivity index (χ1n) is 8.53. The van der Waals surface area contributed by atoms with Crippen molar-refractivity contribution in [3.05, 3.63) is 34.9 Å². The number of halogens is 1. The predicted molar refractivity (Wildman–Crippen MR) is 107 cm³/mol. The van der Waals surface area contributed by atoms with Crippen LogP contribution in [0.5, 0.6) is 0 Å². The van der Waals surface area contributed by atoms with E-state index in [9.17, 15) is 4.21 Å². The quantitative estimate of drug-likeness (QED) is 0.406. The molecular weight excluding hydrogens is 388 g/mol. The van der Waals surface area contributed by atoms with E-state index in [1.807, 2.05) is 4.57 Å². The number of nitrogens with one attached hydrogen (secondary N) is 1. The zero-order chi connectivity index (χ0) is 18.9. The van der Waals surface area contributed by atoms with Crippen LogP contribution < -0.4 is 4.72 Å². The molecule has 0 amide bonds. The number of hydrogen-bond acceptors (Lipinski definition) is 3. The average Bonchev–Trinajstić information content (AvgIpc) is 3.22. The van der Waals surface area contributed by atoms with Crippen molar-refractivity contribution in [2.24, 2.45) is 0 Å². The summed E-state index contributed by atoms with van der Waals surface area (Å²) in [5, 5.41) is 0.446. The summed E-state index contributed by atoms with van der Waals surface area (Å²) in [6.45, 7) is 15.3. The second kappa shape index (κ2) is 7.41. The third-order valence-corrected chi connectivity index (χ3v) is 7.54. The molecule has 9 heteroatoms. The van der Waals surface area contributed by atoms with Gasteiger partial charge in [-0.15, -0.1) is 0 Å². The molecular formula is C17H23ClN4O2SSi. The van der Waals surface area contributed by atoms with Gasteiger partial charge < -0.3 is 9.30 Å². The SMILES string of the molecule is [C-]#[N+]C1(NS(=O)c2cc(Cl)c3ncn(COCC[Si](C)(C)C)c3c2)CC1. The summed E-state index contributed by atoms with van der Waals surface area (Å²) >= 11 is 6.33. The zero-order valence-corrected chi connectivity index (χ0v) is 17.8. The van der Waals surface area contributed by atoms with Gasteiger partial charge in [-0.1, -0.05) is 31.2 Å². The molecule has 0 aliphatic heterocycles. The highest BCUT2D eigenvalue weighted by Crippen LogP contribution is 2.38. The Morgan fingerprint density at radius 3 is 2.81 bits per heavy atom. The number of hydrogen-bond donors (Lipinski definition) is 1. The molecule has 26 heavy (non-hydrogen) atoms. The smallest absolute Gasteiger partial charge is 0.297 e. The number of benzene rings is 1. The average molecular weight is 411 g/mol. The summed E-state index contributed by atoms with van der Waals surface area (Å²) in [7, 11) is -2.62. The molecule has 1 saturated carbocycles. The summed E-state index contributed by atoms with van der Waals surface area (Å²) in [4.78, 5) is 8.42. The van der Waals surface area contributed by atoms with Gasteiger partial charge in [0, 0.05) is 14.7 Å². The van der Waals surface area contributed by atoms with E-state index < -0.39 is 24.7 Å². The van der Waals surface area contributed by atoms with Crippen LogP contribution in [-0.4, -0.2) is 34.1 Å². The molecule has 140 valence electrons. The van der Waals surface area contributed by atoms with Crippen molar-refractivity contribution in [2.75, 3.05) is 6.61 Å². The molecule has 1 heterocycles. The van der Waals surface area contributed by atoms with Gasteiger partial charge in [-0.2, -0.15) is 4.72 Å². The van der Waals surface area contributed by atoms with Crippen LogP contribution in [0.15, 0.2) is 23.4 Å². The van der Waals surface area contributed by atoms with Gasteiger partial charge in [-0.25, -0.2) is 15.8 Å². The molecule has 0 bridgehead atoms. The Kier molecular flexibility index (Phi) is 5.56. The Morgan fingerprint density at radius 2 is 2.19 bits per heavy atom. The van der Waals surface area contributed by atoms with E-state index in [-0.39, 0.29) is 0 Å². The van der Waals surface area contributed by atoms with E-state index in [2.05, 4.69) is 34.2 Å². The molecule has 1 aliphatic rings. The van der Waals surface area contributed by atoms with Gasteiger partial charge in [0.05, 0.1) is 34.6 Å². The summed E-state index contributed by atoms with van der Waals surface area (Å²) in [6, 6.07) is 4.55. The first-order chi connectivity index (χ1) is 12.2.